The molecule has 0 spiro atoms. The molecule has 0 bridgehead atoms. The van der Waals surface area contributed by atoms with Crippen LogP contribution in [-0.2, 0) is 5.41 Å². The molecular weight excluding hydrogens is 909 g/mol. The Labute approximate surface area is 438 Å². The molecule has 1 aliphatic carbocycles. The Morgan fingerprint density at radius 1 is 0.280 bits per heavy atom. The van der Waals surface area contributed by atoms with Gasteiger partial charge in [0.1, 0.15) is 0 Å². The van der Waals surface area contributed by atoms with Gasteiger partial charge >= 0.3 is 0 Å². The Balaban J connectivity index is 1.03. The van der Waals surface area contributed by atoms with Crippen LogP contribution in [0.4, 0.5) is 56.9 Å². The number of fused-ring (bicyclic) bond motifs is 10. The molecule has 2 heterocycles. The highest BCUT2D eigenvalue weighted by molar-refractivity contribution is 6.23. The van der Waals surface area contributed by atoms with Crippen molar-refractivity contribution in [2.45, 2.75) is 19.3 Å². The molecule has 15 rings (SSSR count). The zero-order chi connectivity index (χ0) is 50.1. The van der Waals surface area contributed by atoms with E-state index in [1.807, 2.05) is 0 Å². The van der Waals surface area contributed by atoms with Crippen LogP contribution in [0.15, 0.2) is 243 Å². The molecule has 3 aliphatic rings. The van der Waals surface area contributed by atoms with Crippen LogP contribution in [0.25, 0.3) is 76.8 Å². The lowest BCUT2D eigenvalue weighted by molar-refractivity contribution is 0.660. The fraction of sp³-hybridized carbons (Fsp3) is 0.0704. The molecule has 0 unspecified atom stereocenters. The van der Waals surface area contributed by atoms with Crippen LogP contribution < -0.4 is 19.6 Å². The van der Waals surface area contributed by atoms with Gasteiger partial charge in [-0.15, -0.1) is 0 Å². The second kappa shape index (κ2) is 16.3. The number of nitrogens with zero attached hydrogens (tertiary/aromatic N) is 4. The van der Waals surface area contributed by atoms with Crippen molar-refractivity contribution in [2.75, 3.05) is 33.7 Å². The zero-order valence-electron chi connectivity index (χ0n) is 42.4. The van der Waals surface area contributed by atoms with Gasteiger partial charge < -0.3 is 19.6 Å². The highest BCUT2D eigenvalue weighted by Crippen LogP contribution is 2.56. The minimum atomic E-state index is -0.107. The predicted molar refractivity (Wildman–Crippen MR) is 318 cm³/mol. The van der Waals surface area contributed by atoms with Gasteiger partial charge in [-0.1, -0.05) is 166 Å². The van der Waals surface area contributed by atoms with Gasteiger partial charge in [-0.3, -0.25) is 0 Å². The van der Waals surface area contributed by atoms with E-state index < -0.39 is 0 Å². The quantitative estimate of drug-likeness (QED) is 0.159. The molecule has 75 heavy (non-hydrogen) atoms. The van der Waals surface area contributed by atoms with Gasteiger partial charge in [0, 0.05) is 30.9 Å². The van der Waals surface area contributed by atoms with Gasteiger partial charge in [0.2, 0.25) is 0 Å². The van der Waals surface area contributed by atoms with Gasteiger partial charge in [0.15, 0.2) is 0 Å². The third-order valence-corrected chi connectivity index (χ3v) is 16.6. The van der Waals surface area contributed by atoms with Gasteiger partial charge in [0.25, 0.3) is 0 Å². The molecule has 4 nitrogen and oxygen atoms in total. The third kappa shape index (κ3) is 6.42. The maximum atomic E-state index is 2.47. The molecule has 356 valence electrons. The first kappa shape index (κ1) is 43.2. The Morgan fingerprint density at radius 3 is 1.27 bits per heavy atom. The van der Waals surface area contributed by atoms with Gasteiger partial charge in [-0.2, -0.15) is 0 Å². The van der Waals surface area contributed by atoms with Crippen molar-refractivity contribution in [1.29, 1.82) is 0 Å². The van der Waals surface area contributed by atoms with Crippen LogP contribution in [0.5, 0.6) is 0 Å². The Hall–Kier alpha value is -9.38. The summed E-state index contributed by atoms with van der Waals surface area (Å²) in [5.41, 5.74) is 24.0. The molecule has 0 N–H and O–H groups in total. The maximum absolute atomic E-state index is 2.47. The van der Waals surface area contributed by atoms with Crippen molar-refractivity contribution in [3.63, 3.8) is 0 Å². The molecule has 0 radical (unpaired) electrons. The van der Waals surface area contributed by atoms with Crippen molar-refractivity contribution >= 4 is 89.2 Å². The summed E-state index contributed by atoms with van der Waals surface area (Å²) in [6.45, 7) is 4.74. The van der Waals surface area contributed by atoms with E-state index >= 15 is 0 Å². The fourth-order valence-corrected chi connectivity index (χ4v) is 13.0. The summed E-state index contributed by atoms with van der Waals surface area (Å²) in [6.07, 6.45) is 0. The molecule has 0 saturated carbocycles. The SMILES string of the molecule is CN1c2ccccc2N(c2ccc3c(-c4ccc5ccccc5c4)c4cc(N5c6ccccc6N(C)c6ccccc65)ccc4c(-c4cccc(-c5ccc6c(c5)C(C)(C)c5ccccc5-6)c4)c3c2)c2ccccc21. The van der Waals surface area contributed by atoms with Gasteiger partial charge in [0.05, 0.1) is 45.5 Å². The molecule has 2 aliphatic heterocycles. The van der Waals surface area contributed by atoms with Crippen LogP contribution in [0, 0.1) is 0 Å². The number of hydrogen-bond donors (Lipinski definition) is 0. The summed E-state index contributed by atoms with van der Waals surface area (Å²) in [5.74, 6) is 0. The van der Waals surface area contributed by atoms with E-state index in [0.29, 0.717) is 0 Å². The first-order chi connectivity index (χ1) is 36.8. The first-order valence-corrected chi connectivity index (χ1v) is 26.1. The minimum Gasteiger partial charge on any atom is -0.341 e. The predicted octanol–water partition coefficient (Wildman–Crippen LogP) is 19.6. The smallest absolute Gasteiger partial charge is 0.0699 e. The minimum absolute atomic E-state index is 0.107. The largest absolute Gasteiger partial charge is 0.341 e. The van der Waals surface area contributed by atoms with Crippen molar-refractivity contribution < 1.29 is 0 Å². The molecule has 0 amide bonds. The maximum Gasteiger partial charge on any atom is 0.0699 e. The van der Waals surface area contributed by atoms with Crippen molar-refractivity contribution in [3.8, 4) is 44.5 Å². The van der Waals surface area contributed by atoms with Crippen molar-refractivity contribution in [3.05, 3.63) is 254 Å². The molecular formula is C71H52N4. The molecule has 12 aromatic rings. The Morgan fingerprint density at radius 2 is 0.707 bits per heavy atom. The lowest BCUT2D eigenvalue weighted by Crippen LogP contribution is -2.24. The standard InChI is InChI=1S/C71H52N4/c1-71(2)59-23-8-7-22-53(59)54-37-34-48(42-60(54)71)47-20-17-21-49(41-47)69-55-38-35-52(75-67-30-15-11-26-63(67)73(4)64-27-12-16-31-68(64)75)44-58(55)70(50-33-32-45-18-5-6-19-46(45)40-50)56-39-36-51(43-57(56)69)74-65-28-13-9-24-61(65)72(3)62-25-10-14-29-66(62)74/h5-44H,1-4H3. The normalized spacial score (nSPS) is 13.9. The van der Waals surface area contributed by atoms with Crippen LogP contribution in [-0.4, -0.2) is 14.1 Å². The van der Waals surface area contributed by atoms with E-state index in [-0.39, 0.29) is 5.41 Å². The van der Waals surface area contributed by atoms with Gasteiger partial charge in [-0.25, -0.2) is 0 Å². The lowest BCUT2D eigenvalue weighted by atomic mass is 9.81. The number of anilines is 10. The molecule has 0 saturated heterocycles. The third-order valence-electron chi connectivity index (χ3n) is 16.6. The molecule has 0 atom stereocenters. The Bertz CT molecular complexity index is 4260. The molecule has 4 heteroatoms. The average molecular weight is 961 g/mol. The number of para-hydroxylation sites is 8. The van der Waals surface area contributed by atoms with Gasteiger partial charge in [-0.05, 0) is 179 Å². The lowest BCUT2D eigenvalue weighted by Gasteiger charge is -2.39. The average Bonchev–Trinajstić information content (AvgIpc) is 3.72. The molecule has 0 fully saturated rings. The monoisotopic (exact) mass is 960 g/mol. The summed E-state index contributed by atoms with van der Waals surface area (Å²) >= 11 is 0. The van der Waals surface area contributed by atoms with Crippen LogP contribution >= 0.6 is 0 Å². The highest BCUT2D eigenvalue weighted by atomic mass is 15.3. The number of rotatable bonds is 5. The van der Waals surface area contributed by atoms with E-state index in [4.69, 9.17) is 0 Å². The zero-order valence-corrected chi connectivity index (χ0v) is 42.4. The topological polar surface area (TPSA) is 13.0 Å². The van der Waals surface area contributed by atoms with Crippen LogP contribution in [0.1, 0.15) is 25.0 Å². The van der Waals surface area contributed by atoms with E-state index in [1.165, 1.54) is 111 Å². The molecule has 12 aromatic carbocycles. The molecule has 0 aromatic heterocycles. The summed E-state index contributed by atoms with van der Waals surface area (Å²) in [6, 6.07) is 90.7. The number of hydrogen-bond acceptors (Lipinski definition) is 4. The second-order valence-corrected chi connectivity index (χ2v) is 21.0. The second-order valence-electron chi connectivity index (χ2n) is 21.0. The van der Waals surface area contributed by atoms with E-state index in [1.54, 1.807) is 0 Å². The van der Waals surface area contributed by atoms with E-state index in [0.717, 1.165) is 34.1 Å². The van der Waals surface area contributed by atoms with Crippen LogP contribution in [0.2, 0.25) is 0 Å². The first-order valence-electron chi connectivity index (χ1n) is 26.1. The van der Waals surface area contributed by atoms with E-state index in [2.05, 4.69) is 290 Å². The van der Waals surface area contributed by atoms with Crippen molar-refractivity contribution in [1.82, 2.24) is 0 Å². The fourth-order valence-electron chi connectivity index (χ4n) is 13.0. The summed E-state index contributed by atoms with van der Waals surface area (Å²) in [4.78, 5) is 9.55. The number of benzene rings is 12. The van der Waals surface area contributed by atoms with E-state index in [9.17, 15) is 0 Å². The van der Waals surface area contributed by atoms with Crippen molar-refractivity contribution in [2.24, 2.45) is 0 Å². The summed E-state index contributed by atoms with van der Waals surface area (Å²) in [5, 5.41) is 7.24. The Kier molecular flexibility index (Phi) is 9.40. The summed E-state index contributed by atoms with van der Waals surface area (Å²) < 4.78 is 0. The summed E-state index contributed by atoms with van der Waals surface area (Å²) in [7, 11) is 4.35. The van der Waals surface area contributed by atoms with Crippen LogP contribution in [0.3, 0.4) is 0 Å². The highest BCUT2D eigenvalue weighted by Gasteiger charge is 2.36.